The van der Waals surface area contributed by atoms with Crippen molar-refractivity contribution in [3.8, 4) is 0 Å². The summed E-state index contributed by atoms with van der Waals surface area (Å²) in [6.45, 7) is 0. The largest absolute Gasteiger partial charge is 0.272 e. The molecule has 3 aromatic carbocycles. The molecule has 1 atom stereocenters. The lowest BCUT2D eigenvalue weighted by Gasteiger charge is -2.27. The molecule has 190 valence electrons. The second-order valence-corrected chi connectivity index (χ2v) is 11.8. The molecule has 1 unspecified atom stereocenters. The van der Waals surface area contributed by atoms with E-state index < -0.39 is 0 Å². The Morgan fingerprint density at radius 2 is 1.32 bits per heavy atom. The number of hydrogen-bond donors (Lipinski definition) is 0. The Balaban J connectivity index is 1.58. The van der Waals surface area contributed by atoms with Crippen LogP contribution in [0.1, 0.15) is 48.4 Å². The van der Waals surface area contributed by atoms with E-state index in [0.717, 1.165) is 48.1 Å². The number of halogens is 3. The van der Waals surface area contributed by atoms with Gasteiger partial charge in [-0.2, -0.15) is 0 Å². The molecule has 0 radical (unpaired) electrons. The van der Waals surface area contributed by atoms with Crippen LogP contribution in [0.5, 0.6) is 0 Å². The van der Waals surface area contributed by atoms with Gasteiger partial charge < -0.3 is 0 Å². The number of benzene rings is 3. The van der Waals surface area contributed by atoms with E-state index in [1.165, 1.54) is 22.5 Å². The van der Waals surface area contributed by atoms with Crippen molar-refractivity contribution >= 4 is 58.3 Å². The quantitative estimate of drug-likeness (QED) is 0.244. The van der Waals surface area contributed by atoms with Crippen LogP contribution in [0.2, 0.25) is 15.1 Å². The normalized spacial score (nSPS) is 18.7. The van der Waals surface area contributed by atoms with E-state index in [2.05, 4.69) is 6.08 Å². The molecule has 0 fully saturated rings. The summed E-state index contributed by atoms with van der Waals surface area (Å²) in [5, 5.41) is 2.04. The molecule has 0 saturated heterocycles. The average molecular weight is 578 g/mol. The molecule has 4 aromatic rings. The van der Waals surface area contributed by atoms with Crippen LogP contribution in [-0.4, -0.2) is 4.57 Å². The molecule has 0 amide bonds. The molecular formula is C31H23Cl3N2OS. The van der Waals surface area contributed by atoms with E-state index in [9.17, 15) is 4.79 Å². The molecule has 0 saturated carbocycles. The SMILES string of the molecule is O=c1/c(=C/c2ccc(Cl)cc2)sc2n1C(c1ccc(Cl)cc1)C1=C(N=2)/C(=C\c2ccc(Cl)cc2)CCCC1. The number of allylic oxidation sites excluding steroid dienone is 2. The van der Waals surface area contributed by atoms with E-state index in [1.807, 2.05) is 83.4 Å². The molecule has 1 aliphatic carbocycles. The standard InChI is InChI=1S/C31H23Cl3N2OS/c32-23-11-5-19(6-12-23)17-22-3-1-2-4-26-28(22)35-31-36(29(26)21-9-15-25(34)16-10-21)30(37)27(38-31)18-20-7-13-24(33)14-8-20/h5-18,29H,1-4H2/b22-17-,27-18-. The lowest BCUT2D eigenvalue weighted by molar-refractivity contribution is 0.573. The summed E-state index contributed by atoms with van der Waals surface area (Å²) in [5.74, 6) is 0. The third kappa shape index (κ3) is 5.06. The topological polar surface area (TPSA) is 34.4 Å². The second-order valence-electron chi connectivity index (χ2n) is 9.49. The van der Waals surface area contributed by atoms with E-state index in [-0.39, 0.29) is 11.6 Å². The van der Waals surface area contributed by atoms with Gasteiger partial charge in [0.25, 0.3) is 5.56 Å². The number of nitrogens with zero attached hydrogens (tertiary/aromatic N) is 2. The number of fused-ring (bicyclic) bond motifs is 1. The van der Waals surface area contributed by atoms with Crippen molar-refractivity contribution in [1.29, 1.82) is 0 Å². The highest BCUT2D eigenvalue weighted by Crippen LogP contribution is 2.40. The van der Waals surface area contributed by atoms with Crippen molar-refractivity contribution in [3.63, 3.8) is 0 Å². The average Bonchev–Trinajstić information content (AvgIpc) is 3.09. The number of thiazole rings is 1. The van der Waals surface area contributed by atoms with Crippen LogP contribution in [0.25, 0.3) is 12.2 Å². The lowest BCUT2D eigenvalue weighted by Crippen LogP contribution is -2.38. The number of rotatable bonds is 3. The molecule has 0 bridgehead atoms. The summed E-state index contributed by atoms with van der Waals surface area (Å²) in [5.41, 5.74) is 6.36. The van der Waals surface area contributed by atoms with Crippen LogP contribution < -0.4 is 14.9 Å². The van der Waals surface area contributed by atoms with Gasteiger partial charge in [0.1, 0.15) is 0 Å². The minimum atomic E-state index is -0.238. The maximum atomic E-state index is 13.9. The van der Waals surface area contributed by atoms with Gasteiger partial charge in [0.15, 0.2) is 4.80 Å². The predicted octanol–water partition coefficient (Wildman–Crippen LogP) is 7.83. The molecule has 38 heavy (non-hydrogen) atoms. The summed E-state index contributed by atoms with van der Waals surface area (Å²) >= 11 is 19.9. The molecule has 1 aliphatic heterocycles. The highest BCUT2D eigenvalue weighted by atomic mass is 35.5. The molecule has 7 heteroatoms. The van der Waals surface area contributed by atoms with Gasteiger partial charge in [0.2, 0.25) is 0 Å². The van der Waals surface area contributed by atoms with Crippen LogP contribution in [0, 0.1) is 0 Å². The van der Waals surface area contributed by atoms with Crippen molar-refractivity contribution in [1.82, 2.24) is 4.57 Å². The minimum absolute atomic E-state index is 0.0392. The molecule has 2 heterocycles. The van der Waals surface area contributed by atoms with E-state index >= 15 is 0 Å². The van der Waals surface area contributed by atoms with E-state index in [4.69, 9.17) is 39.8 Å². The van der Waals surface area contributed by atoms with Gasteiger partial charge in [-0.1, -0.05) is 82.5 Å². The first-order chi connectivity index (χ1) is 18.5. The Morgan fingerprint density at radius 3 is 1.95 bits per heavy atom. The Morgan fingerprint density at radius 1 is 0.763 bits per heavy atom. The summed E-state index contributed by atoms with van der Waals surface area (Å²) in [4.78, 5) is 19.7. The molecule has 2 aliphatic rings. The molecule has 6 rings (SSSR count). The highest BCUT2D eigenvalue weighted by Gasteiger charge is 2.31. The third-order valence-electron chi connectivity index (χ3n) is 6.95. The first-order valence-corrected chi connectivity index (χ1v) is 14.4. The van der Waals surface area contributed by atoms with Gasteiger partial charge in [-0.15, -0.1) is 0 Å². The summed E-state index contributed by atoms with van der Waals surface area (Å²) in [6.07, 6.45) is 8.03. The summed E-state index contributed by atoms with van der Waals surface area (Å²) in [6, 6.07) is 22.9. The molecule has 3 nitrogen and oxygen atoms in total. The smallest absolute Gasteiger partial charge is 0.271 e. The summed E-state index contributed by atoms with van der Waals surface area (Å²) < 4.78 is 2.51. The van der Waals surface area contributed by atoms with Gasteiger partial charge in [0, 0.05) is 15.1 Å². The van der Waals surface area contributed by atoms with Crippen molar-refractivity contribution in [2.45, 2.75) is 31.7 Å². The van der Waals surface area contributed by atoms with Crippen molar-refractivity contribution < 1.29 is 0 Å². The van der Waals surface area contributed by atoms with Gasteiger partial charge in [0.05, 0.1) is 16.3 Å². The van der Waals surface area contributed by atoms with Crippen molar-refractivity contribution in [2.24, 2.45) is 4.99 Å². The van der Waals surface area contributed by atoms with E-state index in [1.54, 1.807) is 0 Å². The van der Waals surface area contributed by atoms with Gasteiger partial charge in [-0.25, -0.2) is 4.99 Å². The number of hydrogen-bond acceptors (Lipinski definition) is 3. The number of aromatic nitrogens is 1. The first-order valence-electron chi connectivity index (χ1n) is 12.5. The highest BCUT2D eigenvalue weighted by molar-refractivity contribution is 7.07. The van der Waals surface area contributed by atoms with Crippen LogP contribution in [0.3, 0.4) is 0 Å². The summed E-state index contributed by atoms with van der Waals surface area (Å²) in [7, 11) is 0. The van der Waals surface area contributed by atoms with Crippen LogP contribution >= 0.6 is 46.1 Å². The molecule has 1 aromatic heterocycles. The van der Waals surface area contributed by atoms with E-state index in [0.29, 0.717) is 24.4 Å². The van der Waals surface area contributed by atoms with Crippen LogP contribution in [0.15, 0.2) is 99.4 Å². The maximum absolute atomic E-state index is 13.9. The maximum Gasteiger partial charge on any atom is 0.271 e. The Hall–Kier alpha value is -2.89. The van der Waals surface area contributed by atoms with Gasteiger partial charge in [-0.3, -0.25) is 9.36 Å². The van der Waals surface area contributed by atoms with Gasteiger partial charge in [-0.05, 0) is 102 Å². The fourth-order valence-electron chi connectivity index (χ4n) is 5.13. The first kappa shape index (κ1) is 25.4. The van der Waals surface area contributed by atoms with Crippen LogP contribution in [-0.2, 0) is 0 Å². The van der Waals surface area contributed by atoms with Crippen molar-refractivity contribution in [2.75, 3.05) is 0 Å². The predicted molar refractivity (Wildman–Crippen MR) is 159 cm³/mol. The van der Waals surface area contributed by atoms with Gasteiger partial charge >= 0.3 is 0 Å². The zero-order valence-corrected chi connectivity index (χ0v) is 23.4. The molecular weight excluding hydrogens is 555 g/mol. The zero-order chi connectivity index (χ0) is 26.2. The fourth-order valence-corrected chi connectivity index (χ4v) is 6.51. The third-order valence-corrected chi connectivity index (χ3v) is 8.69. The van der Waals surface area contributed by atoms with Crippen molar-refractivity contribution in [3.05, 3.63) is 141 Å². The fraction of sp³-hybridized carbons (Fsp3) is 0.161. The lowest BCUT2D eigenvalue weighted by atomic mass is 9.91. The Bertz CT molecular complexity index is 1750. The zero-order valence-electron chi connectivity index (χ0n) is 20.3. The van der Waals surface area contributed by atoms with Crippen LogP contribution in [0.4, 0.5) is 0 Å². The molecule has 0 N–H and O–H groups in total. The Labute approximate surface area is 239 Å². The monoisotopic (exact) mass is 576 g/mol. The Kier molecular flexibility index (Phi) is 7.15. The minimum Gasteiger partial charge on any atom is -0.272 e. The molecule has 0 spiro atoms. The second kappa shape index (κ2) is 10.7.